The van der Waals surface area contributed by atoms with E-state index in [9.17, 15) is 9.59 Å². The fourth-order valence-electron chi connectivity index (χ4n) is 3.33. The van der Waals surface area contributed by atoms with Crippen molar-refractivity contribution >= 4 is 16.7 Å². The first-order valence-corrected chi connectivity index (χ1v) is 8.26. The highest BCUT2D eigenvalue weighted by Gasteiger charge is 2.27. The van der Waals surface area contributed by atoms with E-state index in [-0.39, 0.29) is 11.5 Å². The Hall–Kier alpha value is -3.09. The van der Waals surface area contributed by atoms with Crippen LogP contribution in [0.15, 0.2) is 47.7 Å². The average molecular weight is 335 g/mol. The molecule has 1 aliphatic heterocycles. The Labute approximate surface area is 143 Å². The van der Waals surface area contributed by atoms with Gasteiger partial charge in [0.2, 0.25) is 0 Å². The maximum absolute atomic E-state index is 12.9. The highest BCUT2D eigenvalue weighted by Crippen LogP contribution is 2.27. The molecule has 1 saturated heterocycles. The van der Waals surface area contributed by atoms with Crippen LogP contribution in [0.3, 0.4) is 0 Å². The van der Waals surface area contributed by atoms with Gasteiger partial charge in [-0.1, -0.05) is 18.2 Å². The zero-order valence-electron chi connectivity index (χ0n) is 13.6. The molecule has 0 aliphatic carbocycles. The van der Waals surface area contributed by atoms with Crippen molar-refractivity contribution in [1.82, 2.24) is 25.1 Å². The monoisotopic (exact) mass is 335 g/mol. The number of aromatic amines is 1. The van der Waals surface area contributed by atoms with E-state index in [1.54, 1.807) is 47.8 Å². The predicted molar refractivity (Wildman–Crippen MR) is 92.3 cm³/mol. The largest absolute Gasteiger partial charge is 0.337 e. The van der Waals surface area contributed by atoms with Crippen LogP contribution in [0.25, 0.3) is 10.8 Å². The van der Waals surface area contributed by atoms with Crippen molar-refractivity contribution in [2.45, 2.75) is 18.8 Å². The van der Waals surface area contributed by atoms with Crippen LogP contribution in [0.2, 0.25) is 0 Å². The molecule has 2 aromatic heterocycles. The first-order valence-electron chi connectivity index (χ1n) is 8.26. The average Bonchev–Trinajstić information content (AvgIpc) is 2.69. The first-order chi connectivity index (χ1) is 12.2. The molecule has 0 radical (unpaired) electrons. The van der Waals surface area contributed by atoms with Gasteiger partial charge < -0.3 is 4.90 Å². The number of hydrogen-bond acceptors (Lipinski definition) is 5. The number of carbonyl (C=O) groups excluding carboxylic acids is 1. The van der Waals surface area contributed by atoms with Gasteiger partial charge in [0, 0.05) is 43.0 Å². The van der Waals surface area contributed by atoms with Gasteiger partial charge >= 0.3 is 0 Å². The normalized spacial score (nSPS) is 15.4. The number of nitrogens with one attached hydrogen (secondary N) is 1. The van der Waals surface area contributed by atoms with E-state index in [2.05, 4.69) is 20.2 Å². The van der Waals surface area contributed by atoms with Crippen LogP contribution in [0.4, 0.5) is 0 Å². The minimum Gasteiger partial charge on any atom is -0.337 e. The zero-order valence-corrected chi connectivity index (χ0v) is 13.6. The fourth-order valence-corrected chi connectivity index (χ4v) is 3.33. The molecule has 7 nitrogen and oxygen atoms in total. The van der Waals surface area contributed by atoms with Crippen LogP contribution in [-0.2, 0) is 0 Å². The SMILES string of the molecule is O=C(c1n[nH]c(=O)c2ccccc12)N1CCC(c2cnccn2)CC1. The van der Waals surface area contributed by atoms with Crippen molar-refractivity contribution in [2.24, 2.45) is 0 Å². The van der Waals surface area contributed by atoms with Crippen molar-refractivity contribution in [1.29, 1.82) is 0 Å². The number of aromatic nitrogens is 4. The van der Waals surface area contributed by atoms with Gasteiger partial charge in [0.05, 0.1) is 11.1 Å². The Kier molecular flexibility index (Phi) is 3.97. The molecule has 126 valence electrons. The number of hydrogen-bond donors (Lipinski definition) is 1. The molecule has 4 rings (SSSR count). The summed E-state index contributed by atoms with van der Waals surface area (Å²) in [5.41, 5.74) is 0.990. The lowest BCUT2D eigenvalue weighted by molar-refractivity contribution is 0.0707. The number of rotatable bonds is 2. The topological polar surface area (TPSA) is 91.8 Å². The number of likely N-dealkylation sites (tertiary alicyclic amines) is 1. The van der Waals surface area contributed by atoms with E-state index in [1.165, 1.54) is 0 Å². The molecule has 0 saturated carbocycles. The number of nitrogens with zero attached hydrogens (tertiary/aromatic N) is 4. The number of H-pyrrole nitrogens is 1. The summed E-state index contributed by atoms with van der Waals surface area (Å²) in [5.74, 6) is 0.170. The number of carbonyl (C=O) groups is 1. The molecule has 1 aromatic carbocycles. The van der Waals surface area contributed by atoms with Crippen molar-refractivity contribution < 1.29 is 4.79 Å². The van der Waals surface area contributed by atoms with E-state index in [0.717, 1.165) is 18.5 Å². The molecule has 0 unspecified atom stereocenters. The van der Waals surface area contributed by atoms with E-state index in [4.69, 9.17) is 0 Å². The van der Waals surface area contributed by atoms with Gasteiger partial charge in [0.15, 0.2) is 5.69 Å². The standard InChI is InChI=1S/C18H17N5O2/c24-17-14-4-2-1-3-13(14)16(21-22-17)18(25)23-9-5-12(6-10-23)15-11-19-7-8-20-15/h1-4,7-8,11-12H,5-6,9-10H2,(H,22,24). The van der Waals surface area contributed by atoms with Gasteiger partial charge in [-0.3, -0.25) is 19.6 Å². The van der Waals surface area contributed by atoms with E-state index >= 15 is 0 Å². The van der Waals surface area contributed by atoms with Crippen molar-refractivity contribution in [3.8, 4) is 0 Å². The van der Waals surface area contributed by atoms with Gasteiger partial charge in [-0.2, -0.15) is 5.10 Å². The number of benzene rings is 1. The van der Waals surface area contributed by atoms with Crippen LogP contribution in [0, 0.1) is 0 Å². The Morgan fingerprint density at radius 3 is 2.60 bits per heavy atom. The second-order valence-electron chi connectivity index (χ2n) is 6.14. The van der Waals surface area contributed by atoms with Crippen LogP contribution >= 0.6 is 0 Å². The summed E-state index contributed by atoms with van der Waals surface area (Å²) < 4.78 is 0. The molecule has 7 heteroatoms. The highest BCUT2D eigenvalue weighted by molar-refractivity contribution is 6.04. The molecule has 1 amide bonds. The molecule has 0 spiro atoms. The summed E-state index contributed by atoms with van der Waals surface area (Å²) in [4.78, 5) is 35.0. The maximum atomic E-state index is 12.9. The third-order valence-electron chi connectivity index (χ3n) is 4.68. The Balaban J connectivity index is 1.55. The van der Waals surface area contributed by atoms with Crippen molar-refractivity contribution in [3.05, 3.63) is 64.6 Å². The van der Waals surface area contributed by atoms with Crippen LogP contribution < -0.4 is 5.56 Å². The van der Waals surface area contributed by atoms with Gasteiger partial charge in [-0.15, -0.1) is 0 Å². The molecule has 1 fully saturated rings. The molecule has 1 N–H and O–H groups in total. The maximum Gasteiger partial charge on any atom is 0.274 e. The van der Waals surface area contributed by atoms with Gasteiger partial charge in [-0.05, 0) is 18.9 Å². The summed E-state index contributed by atoms with van der Waals surface area (Å²) in [7, 11) is 0. The third kappa shape index (κ3) is 2.88. The van der Waals surface area contributed by atoms with Gasteiger partial charge in [0.25, 0.3) is 11.5 Å². The summed E-state index contributed by atoms with van der Waals surface area (Å²) in [6.07, 6.45) is 6.83. The smallest absolute Gasteiger partial charge is 0.274 e. The molecular formula is C18H17N5O2. The minimum absolute atomic E-state index is 0.148. The molecule has 3 heterocycles. The molecule has 3 aromatic rings. The summed E-state index contributed by atoms with van der Waals surface area (Å²) in [5, 5.41) is 7.51. The summed E-state index contributed by atoms with van der Waals surface area (Å²) >= 11 is 0. The summed E-state index contributed by atoms with van der Waals surface area (Å²) in [6.45, 7) is 1.27. The lowest BCUT2D eigenvalue weighted by Crippen LogP contribution is -2.39. The lowest BCUT2D eigenvalue weighted by Gasteiger charge is -2.31. The van der Waals surface area contributed by atoms with Crippen molar-refractivity contribution in [2.75, 3.05) is 13.1 Å². The fraction of sp³-hybridized carbons (Fsp3) is 0.278. The third-order valence-corrected chi connectivity index (χ3v) is 4.68. The molecular weight excluding hydrogens is 318 g/mol. The van der Waals surface area contributed by atoms with E-state index < -0.39 is 0 Å². The second-order valence-corrected chi connectivity index (χ2v) is 6.14. The summed E-state index contributed by atoms with van der Waals surface area (Å²) in [6, 6.07) is 7.04. The molecule has 0 atom stereocenters. The number of piperidine rings is 1. The van der Waals surface area contributed by atoms with E-state index in [0.29, 0.717) is 35.5 Å². The van der Waals surface area contributed by atoms with Gasteiger partial charge in [-0.25, -0.2) is 5.10 Å². The zero-order chi connectivity index (χ0) is 17.2. The van der Waals surface area contributed by atoms with Crippen LogP contribution in [-0.4, -0.2) is 44.1 Å². The number of fused-ring (bicyclic) bond motifs is 1. The highest BCUT2D eigenvalue weighted by atomic mass is 16.2. The van der Waals surface area contributed by atoms with Crippen LogP contribution in [0.5, 0.6) is 0 Å². The Bertz CT molecular complexity index is 962. The second kappa shape index (κ2) is 6.43. The molecule has 25 heavy (non-hydrogen) atoms. The Morgan fingerprint density at radius 2 is 1.88 bits per heavy atom. The van der Waals surface area contributed by atoms with Crippen molar-refractivity contribution in [3.63, 3.8) is 0 Å². The Morgan fingerprint density at radius 1 is 1.12 bits per heavy atom. The number of amides is 1. The minimum atomic E-state index is -0.284. The predicted octanol–water partition coefficient (Wildman–Crippen LogP) is 1.73. The lowest BCUT2D eigenvalue weighted by atomic mass is 9.93. The van der Waals surface area contributed by atoms with E-state index in [1.807, 2.05) is 0 Å². The quantitative estimate of drug-likeness (QED) is 0.770. The molecule has 0 bridgehead atoms. The first kappa shape index (κ1) is 15.4. The van der Waals surface area contributed by atoms with Crippen LogP contribution in [0.1, 0.15) is 34.9 Å². The van der Waals surface area contributed by atoms with Gasteiger partial charge in [0.1, 0.15) is 0 Å². The molecule has 1 aliphatic rings.